The number of nitrogens with zero attached hydrogens (tertiary/aromatic N) is 3. The Labute approximate surface area is 135 Å². The quantitative estimate of drug-likeness (QED) is 0.412. The van der Waals surface area contributed by atoms with Crippen LogP contribution in [0, 0.1) is 0 Å². The number of ether oxygens (including phenoxy) is 2. The third-order valence-corrected chi connectivity index (χ3v) is 2.34. The summed E-state index contributed by atoms with van der Waals surface area (Å²) < 4.78 is 9.17. The normalized spacial score (nSPS) is 15.2. The number of rotatable bonds is 4. The molecular weight excluding hydrogens is 324 g/mol. The third kappa shape index (κ3) is 5.47. The molecule has 2 rings (SSSR count). The highest BCUT2D eigenvalue weighted by Gasteiger charge is 2.28. The number of amides is 1. The first-order valence-corrected chi connectivity index (χ1v) is 6.81. The number of carbonyl (C=O) groups excluding carboxylic acids is 3. The van der Waals surface area contributed by atoms with Crippen molar-refractivity contribution in [1.29, 1.82) is 0 Å². The van der Waals surface area contributed by atoms with Gasteiger partial charge < -0.3 is 9.47 Å². The van der Waals surface area contributed by atoms with Gasteiger partial charge in [0.1, 0.15) is 12.7 Å². The highest BCUT2D eigenvalue weighted by Crippen LogP contribution is 1.96. The largest absolute Gasteiger partial charge is 0.464 e. The Balaban J connectivity index is 0.000000240. The SMILES string of the molecule is CCOC(=O)C1N=CNNC1=O.CCOC(=O)c1ncn[nH]c1=O. The summed E-state index contributed by atoms with van der Waals surface area (Å²) >= 11 is 0. The minimum atomic E-state index is -1.06. The number of aromatic amines is 1. The Kier molecular flexibility index (Phi) is 7.54. The van der Waals surface area contributed by atoms with Gasteiger partial charge in [-0.15, -0.1) is 0 Å². The lowest BCUT2D eigenvalue weighted by Crippen LogP contribution is -2.50. The molecule has 0 spiro atoms. The van der Waals surface area contributed by atoms with Crippen molar-refractivity contribution in [2.75, 3.05) is 13.2 Å². The molecule has 1 aliphatic heterocycles. The summed E-state index contributed by atoms with van der Waals surface area (Å²) in [7, 11) is 0. The summed E-state index contributed by atoms with van der Waals surface area (Å²) in [6.45, 7) is 3.77. The number of nitrogens with one attached hydrogen (secondary N) is 3. The second-order valence-corrected chi connectivity index (χ2v) is 3.95. The maximum atomic E-state index is 11.0. The van der Waals surface area contributed by atoms with E-state index >= 15 is 0 Å². The molecule has 0 saturated carbocycles. The van der Waals surface area contributed by atoms with Crippen LogP contribution in [0.25, 0.3) is 0 Å². The van der Waals surface area contributed by atoms with Gasteiger partial charge in [0.2, 0.25) is 11.7 Å². The Bertz CT molecular complexity index is 672. The number of aromatic nitrogens is 3. The lowest BCUT2D eigenvalue weighted by Gasteiger charge is -2.15. The van der Waals surface area contributed by atoms with Gasteiger partial charge in [-0.05, 0) is 13.8 Å². The van der Waals surface area contributed by atoms with Gasteiger partial charge in [-0.1, -0.05) is 0 Å². The zero-order chi connectivity index (χ0) is 17.9. The second-order valence-electron chi connectivity index (χ2n) is 3.95. The van der Waals surface area contributed by atoms with Crippen molar-refractivity contribution < 1.29 is 23.9 Å². The van der Waals surface area contributed by atoms with Crippen LogP contribution >= 0.6 is 0 Å². The molecule has 130 valence electrons. The van der Waals surface area contributed by atoms with Gasteiger partial charge in [0.05, 0.1) is 13.2 Å². The molecule has 1 atom stereocenters. The number of carbonyl (C=O) groups is 3. The van der Waals surface area contributed by atoms with Gasteiger partial charge in [-0.3, -0.25) is 20.4 Å². The highest BCUT2D eigenvalue weighted by molar-refractivity contribution is 6.04. The molecule has 1 amide bonds. The Hall–Kier alpha value is -3.31. The topological polar surface area (TPSA) is 165 Å². The van der Waals surface area contributed by atoms with Crippen molar-refractivity contribution >= 4 is 24.2 Å². The molecule has 1 aromatic rings. The molecule has 0 radical (unpaired) electrons. The van der Waals surface area contributed by atoms with Gasteiger partial charge in [0.15, 0.2) is 0 Å². The van der Waals surface area contributed by atoms with Crippen LogP contribution in [-0.2, 0) is 19.1 Å². The molecule has 12 heteroatoms. The predicted octanol–water partition coefficient (Wildman–Crippen LogP) is -2.08. The zero-order valence-corrected chi connectivity index (χ0v) is 12.9. The summed E-state index contributed by atoms with van der Waals surface area (Å²) in [6.07, 6.45) is 2.32. The zero-order valence-electron chi connectivity index (χ0n) is 12.9. The van der Waals surface area contributed by atoms with Gasteiger partial charge >= 0.3 is 11.9 Å². The van der Waals surface area contributed by atoms with Crippen LogP contribution in [0.5, 0.6) is 0 Å². The summed E-state index contributed by atoms with van der Waals surface area (Å²) in [6, 6.07) is -1.06. The summed E-state index contributed by atoms with van der Waals surface area (Å²) in [5, 5.41) is 5.40. The van der Waals surface area contributed by atoms with E-state index in [0.29, 0.717) is 0 Å². The molecule has 0 bridgehead atoms. The molecule has 1 aromatic heterocycles. The number of aliphatic imine (C=N–C) groups is 1. The van der Waals surface area contributed by atoms with Gasteiger partial charge in [0.25, 0.3) is 11.5 Å². The molecule has 12 nitrogen and oxygen atoms in total. The number of hydrogen-bond acceptors (Lipinski definition) is 10. The molecule has 1 unspecified atom stereocenters. The van der Waals surface area contributed by atoms with E-state index in [1.807, 2.05) is 0 Å². The van der Waals surface area contributed by atoms with E-state index in [-0.39, 0.29) is 18.9 Å². The van der Waals surface area contributed by atoms with Crippen molar-refractivity contribution in [3.05, 3.63) is 22.4 Å². The van der Waals surface area contributed by atoms with Gasteiger partial charge in [0, 0.05) is 0 Å². The van der Waals surface area contributed by atoms with Crippen LogP contribution in [0.1, 0.15) is 24.3 Å². The summed E-state index contributed by atoms with van der Waals surface area (Å²) in [5.74, 6) is -1.87. The fraction of sp³-hybridized carbons (Fsp3) is 0.417. The molecule has 0 saturated heterocycles. The monoisotopic (exact) mass is 340 g/mol. The van der Waals surface area contributed by atoms with E-state index in [1.165, 1.54) is 6.34 Å². The van der Waals surface area contributed by atoms with Crippen molar-refractivity contribution in [2.24, 2.45) is 4.99 Å². The second kappa shape index (κ2) is 9.66. The molecule has 0 aliphatic carbocycles. The molecule has 24 heavy (non-hydrogen) atoms. The van der Waals surface area contributed by atoms with Crippen LogP contribution in [0.15, 0.2) is 16.1 Å². The van der Waals surface area contributed by atoms with Crippen molar-refractivity contribution in [2.45, 2.75) is 19.9 Å². The number of hydrogen-bond donors (Lipinski definition) is 3. The van der Waals surface area contributed by atoms with Crippen LogP contribution < -0.4 is 16.4 Å². The first kappa shape index (κ1) is 18.7. The minimum Gasteiger partial charge on any atom is -0.464 e. The molecule has 0 aromatic carbocycles. The van der Waals surface area contributed by atoms with Crippen molar-refractivity contribution in [3.8, 4) is 0 Å². The van der Waals surface area contributed by atoms with E-state index in [1.54, 1.807) is 13.8 Å². The summed E-state index contributed by atoms with van der Waals surface area (Å²) in [5.41, 5.74) is 3.68. The standard InChI is InChI=1S/C6H9N3O3.C6H7N3O3/c2*1-2-12-6(11)4-5(10)9-8-3-7-4/h3-4H,2H2,1H3,(H,7,8)(H,9,10);3H,2H2,1H3,(H,9,10). The van der Waals surface area contributed by atoms with Gasteiger partial charge in [-0.2, -0.15) is 5.10 Å². The fourth-order valence-corrected chi connectivity index (χ4v) is 1.37. The van der Waals surface area contributed by atoms with Crippen LogP contribution in [0.2, 0.25) is 0 Å². The van der Waals surface area contributed by atoms with Crippen molar-refractivity contribution in [3.63, 3.8) is 0 Å². The average Bonchev–Trinajstić information content (AvgIpc) is 2.56. The van der Waals surface area contributed by atoms with E-state index in [2.05, 4.69) is 40.5 Å². The van der Waals surface area contributed by atoms with Crippen LogP contribution in [0.3, 0.4) is 0 Å². The Morgan fingerprint density at radius 1 is 1.21 bits per heavy atom. The number of esters is 2. The maximum absolute atomic E-state index is 11.0. The number of hydrazine groups is 1. The van der Waals surface area contributed by atoms with E-state index in [0.717, 1.165) is 6.33 Å². The first-order valence-electron chi connectivity index (χ1n) is 6.81. The molecular formula is C12H16N6O6. The van der Waals surface area contributed by atoms with E-state index in [9.17, 15) is 19.2 Å². The molecule has 3 N–H and O–H groups in total. The summed E-state index contributed by atoms with van der Waals surface area (Å²) in [4.78, 5) is 50.8. The van der Waals surface area contributed by atoms with E-state index in [4.69, 9.17) is 0 Å². The maximum Gasteiger partial charge on any atom is 0.362 e. The van der Waals surface area contributed by atoms with Crippen LogP contribution in [-0.4, -0.2) is 58.6 Å². The lowest BCUT2D eigenvalue weighted by atomic mass is 10.3. The number of H-pyrrole nitrogens is 1. The lowest BCUT2D eigenvalue weighted by molar-refractivity contribution is -0.148. The van der Waals surface area contributed by atoms with Crippen LogP contribution in [0.4, 0.5) is 0 Å². The van der Waals surface area contributed by atoms with Gasteiger partial charge in [-0.25, -0.2) is 24.7 Å². The Morgan fingerprint density at radius 2 is 1.92 bits per heavy atom. The Morgan fingerprint density at radius 3 is 2.50 bits per heavy atom. The predicted molar refractivity (Wildman–Crippen MR) is 78.8 cm³/mol. The molecule has 2 heterocycles. The molecule has 0 fully saturated rings. The van der Waals surface area contributed by atoms with Crippen molar-refractivity contribution in [1.82, 2.24) is 26.0 Å². The fourth-order valence-electron chi connectivity index (χ4n) is 1.37. The third-order valence-electron chi connectivity index (χ3n) is 2.34. The average molecular weight is 340 g/mol. The highest BCUT2D eigenvalue weighted by atomic mass is 16.5. The first-order chi connectivity index (χ1) is 11.5. The minimum absolute atomic E-state index is 0.211. The smallest absolute Gasteiger partial charge is 0.362 e. The van der Waals surface area contributed by atoms with E-state index < -0.39 is 29.4 Å². The molecule has 1 aliphatic rings.